The van der Waals surface area contributed by atoms with Gasteiger partial charge in [0.25, 0.3) is 11.5 Å². The number of halogens is 1. The van der Waals surface area contributed by atoms with Crippen LogP contribution >= 0.6 is 11.6 Å². The van der Waals surface area contributed by atoms with Crippen LogP contribution in [0.1, 0.15) is 16.2 Å². The first kappa shape index (κ1) is 20.6. The van der Waals surface area contributed by atoms with Gasteiger partial charge in [-0.3, -0.25) is 14.4 Å². The molecule has 0 atom stereocenters. The molecule has 5 aromatic rings. The SMILES string of the molecule is O=C(NCc1nnc(-c2cccc3c(=O)c4ccccc4c(=O)[nH]c23)o1)c1ccccc1Cl. The molecule has 0 saturated heterocycles. The van der Waals surface area contributed by atoms with Crippen LogP contribution < -0.4 is 16.3 Å². The number of aromatic nitrogens is 3. The first-order valence-electron chi connectivity index (χ1n) is 9.96. The van der Waals surface area contributed by atoms with E-state index in [1.165, 1.54) is 0 Å². The molecule has 162 valence electrons. The maximum absolute atomic E-state index is 13.1. The van der Waals surface area contributed by atoms with Gasteiger partial charge in [0, 0.05) is 10.8 Å². The summed E-state index contributed by atoms with van der Waals surface area (Å²) in [6, 6.07) is 18.3. The number of H-pyrrole nitrogens is 1. The lowest BCUT2D eigenvalue weighted by molar-refractivity contribution is 0.0947. The fourth-order valence-corrected chi connectivity index (χ4v) is 3.81. The second-order valence-electron chi connectivity index (χ2n) is 7.22. The molecule has 0 spiro atoms. The van der Waals surface area contributed by atoms with E-state index in [2.05, 4.69) is 20.5 Å². The molecule has 8 nitrogen and oxygen atoms in total. The van der Waals surface area contributed by atoms with Crippen molar-refractivity contribution in [1.29, 1.82) is 0 Å². The Hall–Kier alpha value is -4.30. The molecule has 3 aromatic carbocycles. The molecule has 0 aliphatic heterocycles. The number of nitrogens with zero attached hydrogens (tertiary/aromatic N) is 2. The number of nitrogens with one attached hydrogen (secondary N) is 2. The number of rotatable bonds is 4. The van der Waals surface area contributed by atoms with Gasteiger partial charge in [0.15, 0.2) is 5.43 Å². The molecular weight excluding hydrogens is 444 g/mol. The highest BCUT2D eigenvalue weighted by Gasteiger charge is 2.16. The second kappa shape index (κ2) is 8.33. The Labute approximate surface area is 190 Å². The van der Waals surface area contributed by atoms with Gasteiger partial charge in [0.2, 0.25) is 11.8 Å². The monoisotopic (exact) mass is 458 g/mol. The van der Waals surface area contributed by atoms with Gasteiger partial charge in [-0.15, -0.1) is 10.2 Å². The number of amides is 1. The average molecular weight is 459 g/mol. The fourth-order valence-electron chi connectivity index (χ4n) is 3.59. The third-order valence-electron chi connectivity index (χ3n) is 5.18. The van der Waals surface area contributed by atoms with Crippen LogP contribution in [0.15, 0.2) is 80.7 Å². The van der Waals surface area contributed by atoms with E-state index in [1.807, 2.05) is 0 Å². The second-order valence-corrected chi connectivity index (χ2v) is 7.63. The molecule has 0 radical (unpaired) electrons. The maximum atomic E-state index is 13.1. The van der Waals surface area contributed by atoms with Crippen LogP contribution in [0.3, 0.4) is 0 Å². The van der Waals surface area contributed by atoms with Crippen LogP contribution in [0.2, 0.25) is 5.02 Å². The van der Waals surface area contributed by atoms with Gasteiger partial charge in [-0.05, 0) is 30.3 Å². The van der Waals surface area contributed by atoms with E-state index in [0.717, 1.165) is 0 Å². The fraction of sp³-hybridized carbons (Fsp3) is 0.0417. The summed E-state index contributed by atoms with van der Waals surface area (Å²) in [5, 5.41) is 11.9. The summed E-state index contributed by atoms with van der Waals surface area (Å²) in [6.45, 7) is -0.0250. The minimum Gasteiger partial charge on any atom is -0.419 e. The summed E-state index contributed by atoms with van der Waals surface area (Å²) in [4.78, 5) is 41.0. The van der Waals surface area contributed by atoms with E-state index < -0.39 is 5.56 Å². The van der Waals surface area contributed by atoms with Crippen LogP contribution in [0, 0.1) is 0 Å². The van der Waals surface area contributed by atoms with E-state index in [9.17, 15) is 14.4 Å². The number of carbonyl (C=O) groups excluding carboxylic acids is 1. The molecule has 0 fully saturated rings. The molecule has 0 unspecified atom stereocenters. The van der Waals surface area contributed by atoms with Crippen LogP contribution in [-0.2, 0) is 6.54 Å². The quantitative estimate of drug-likeness (QED) is 0.424. The number of fused-ring (bicyclic) bond motifs is 2. The zero-order valence-corrected chi connectivity index (χ0v) is 17.7. The van der Waals surface area contributed by atoms with E-state index in [4.69, 9.17) is 16.0 Å². The molecule has 0 saturated carbocycles. The molecule has 5 rings (SSSR count). The van der Waals surface area contributed by atoms with Crippen molar-refractivity contribution < 1.29 is 9.21 Å². The van der Waals surface area contributed by atoms with Crippen LogP contribution in [0.5, 0.6) is 0 Å². The van der Waals surface area contributed by atoms with Gasteiger partial charge >= 0.3 is 0 Å². The molecule has 0 aliphatic rings. The van der Waals surface area contributed by atoms with Crippen molar-refractivity contribution in [3.8, 4) is 11.5 Å². The minimum absolute atomic E-state index is 0.0250. The highest BCUT2D eigenvalue weighted by atomic mass is 35.5. The molecule has 33 heavy (non-hydrogen) atoms. The number of hydrogen-bond donors (Lipinski definition) is 2. The standard InChI is InChI=1S/C24H15ClN4O4/c25-18-11-4-3-8-15(18)22(31)26-12-19-28-29-24(33-19)17-10-5-9-16-20(17)27-23(32)14-7-2-1-6-13(14)21(16)30/h1-11H,12H2,(H,26,31)(H,27,32). The Bertz CT molecular complexity index is 1660. The molecule has 0 bridgehead atoms. The largest absolute Gasteiger partial charge is 0.419 e. The van der Waals surface area contributed by atoms with E-state index >= 15 is 0 Å². The predicted octanol–water partition coefficient (Wildman–Crippen LogP) is 3.67. The van der Waals surface area contributed by atoms with Crippen LogP contribution in [-0.4, -0.2) is 21.1 Å². The zero-order chi connectivity index (χ0) is 22.9. The number of para-hydroxylation sites is 1. The van der Waals surface area contributed by atoms with Crippen molar-refractivity contribution in [2.45, 2.75) is 6.54 Å². The van der Waals surface area contributed by atoms with Crippen molar-refractivity contribution in [1.82, 2.24) is 20.5 Å². The summed E-state index contributed by atoms with van der Waals surface area (Å²) < 4.78 is 5.71. The third-order valence-corrected chi connectivity index (χ3v) is 5.51. The third kappa shape index (κ3) is 3.77. The smallest absolute Gasteiger partial charge is 0.256 e. The molecule has 1 amide bonds. The lowest BCUT2D eigenvalue weighted by atomic mass is 10.1. The van der Waals surface area contributed by atoms with E-state index in [-0.39, 0.29) is 35.0 Å². The summed E-state index contributed by atoms with van der Waals surface area (Å²) in [6.07, 6.45) is 0. The first-order chi connectivity index (χ1) is 16.0. The molecule has 9 heteroatoms. The zero-order valence-electron chi connectivity index (χ0n) is 17.0. The Morgan fingerprint density at radius 1 is 0.909 bits per heavy atom. The van der Waals surface area contributed by atoms with Gasteiger partial charge in [0.1, 0.15) is 0 Å². The molecule has 0 aliphatic carbocycles. The van der Waals surface area contributed by atoms with Crippen molar-refractivity contribution >= 4 is 39.2 Å². The van der Waals surface area contributed by atoms with Gasteiger partial charge in [-0.2, -0.15) is 0 Å². The van der Waals surface area contributed by atoms with Crippen LogP contribution in [0.4, 0.5) is 0 Å². The lowest BCUT2D eigenvalue weighted by Crippen LogP contribution is -2.23. The summed E-state index contributed by atoms with van der Waals surface area (Å²) in [5.41, 5.74) is 0.328. The summed E-state index contributed by atoms with van der Waals surface area (Å²) in [7, 11) is 0. The van der Waals surface area contributed by atoms with Gasteiger partial charge < -0.3 is 14.7 Å². The number of benzene rings is 3. The Balaban J connectivity index is 1.52. The molecular formula is C24H15ClN4O4. The number of hydrogen-bond acceptors (Lipinski definition) is 6. The highest BCUT2D eigenvalue weighted by molar-refractivity contribution is 6.33. The topological polar surface area (TPSA) is 118 Å². The van der Waals surface area contributed by atoms with Gasteiger partial charge in [0.05, 0.1) is 33.6 Å². The average Bonchev–Trinajstić information content (AvgIpc) is 3.27. The normalized spacial score (nSPS) is 11.1. The van der Waals surface area contributed by atoms with Crippen molar-refractivity contribution in [3.63, 3.8) is 0 Å². The number of aromatic amines is 1. The summed E-state index contributed by atoms with van der Waals surface area (Å²) in [5.74, 6) is -0.130. The molecule has 2 aromatic heterocycles. The van der Waals surface area contributed by atoms with Crippen molar-refractivity contribution in [2.75, 3.05) is 0 Å². The van der Waals surface area contributed by atoms with Gasteiger partial charge in [-0.25, -0.2) is 0 Å². The Morgan fingerprint density at radius 3 is 2.45 bits per heavy atom. The predicted molar refractivity (Wildman–Crippen MR) is 124 cm³/mol. The maximum Gasteiger partial charge on any atom is 0.256 e. The minimum atomic E-state index is -0.406. The van der Waals surface area contributed by atoms with Crippen molar-refractivity contribution in [3.05, 3.63) is 104 Å². The van der Waals surface area contributed by atoms with Gasteiger partial charge in [-0.1, -0.05) is 48.0 Å². The van der Waals surface area contributed by atoms with Crippen molar-refractivity contribution in [2.24, 2.45) is 0 Å². The van der Waals surface area contributed by atoms with E-state index in [0.29, 0.717) is 32.4 Å². The van der Waals surface area contributed by atoms with Crippen LogP contribution in [0.25, 0.3) is 33.1 Å². The Kier molecular flexibility index (Phi) is 5.20. The summed E-state index contributed by atoms with van der Waals surface area (Å²) >= 11 is 6.05. The van der Waals surface area contributed by atoms with E-state index in [1.54, 1.807) is 66.7 Å². The Morgan fingerprint density at radius 2 is 1.64 bits per heavy atom. The number of carbonyl (C=O) groups is 1. The lowest BCUT2D eigenvalue weighted by Gasteiger charge is -2.04. The molecule has 2 heterocycles. The molecule has 2 N–H and O–H groups in total. The highest BCUT2D eigenvalue weighted by Crippen LogP contribution is 2.25. The first-order valence-corrected chi connectivity index (χ1v) is 10.3.